The summed E-state index contributed by atoms with van der Waals surface area (Å²) in [4.78, 5) is 22.3. The quantitative estimate of drug-likeness (QED) is 0.701. The second-order valence-electron chi connectivity index (χ2n) is 8.53. The summed E-state index contributed by atoms with van der Waals surface area (Å²) in [7, 11) is 1.74. The molecule has 3 aliphatic rings. The molecule has 3 saturated heterocycles. The third kappa shape index (κ3) is 5.25. The lowest BCUT2D eigenvalue weighted by molar-refractivity contribution is -0.134. The molecule has 1 aromatic rings. The minimum Gasteiger partial charge on any atom is -0.495 e. The van der Waals surface area contributed by atoms with Crippen molar-refractivity contribution in [1.29, 1.82) is 0 Å². The van der Waals surface area contributed by atoms with Gasteiger partial charge in [0.25, 0.3) is 0 Å². The lowest BCUT2D eigenvalue weighted by Gasteiger charge is -2.44. The number of likely N-dealkylation sites (tertiary alicyclic amines) is 1. The molecule has 0 bridgehead atoms. The van der Waals surface area contributed by atoms with Gasteiger partial charge in [-0.1, -0.05) is 12.1 Å². The predicted octanol–water partition coefficient (Wildman–Crippen LogP) is 1.53. The van der Waals surface area contributed by atoms with Gasteiger partial charge in [0.1, 0.15) is 5.75 Å². The highest BCUT2D eigenvalue weighted by Crippen LogP contribution is 2.29. The molecule has 0 saturated carbocycles. The van der Waals surface area contributed by atoms with Crippen LogP contribution in [-0.2, 0) is 9.53 Å². The zero-order valence-corrected chi connectivity index (χ0v) is 18.3. The Kier molecular flexibility index (Phi) is 7.47. The van der Waals surface area contributed by atoms with Crippen LogP contribution in [0, 0.1) is 0 Å². The molecule has 30 heavy (non-hydrogen) atoms. The minimum absolute atomic E-state index is 0.318. The molecule has 1 amide bonds. The fourth-order valence-electron chi connectivity index (χ4n) is 4.93. The Morgan fingerprint density at radius 2 is 1.83 bits per heavy atom. The molecule has 0 radical (unpaired) electrons. The van der Waals surface area contributed by atoms with Crippen LogP contribution in [0.2, 0.25) is 0 Å². The van der Waals surface area contributed by atoms with Gasteiger partial charge < -0.3 is 19.3 Å². The number of para-hydroxylation sites is 2. The Morgan fingerprint density at radius 1 is 1.07 bits per heavy atom. The summed E-state index contributed by atoms with van der Waals surface area (Å²) in [5.41, 5.74) is 1.18. The number of benzene rings is 1. The maximum absolute atomic E-state index is 12.8. The Morgan fingerprint density at radius 3 is 2.60 bits per heavy atom. The number of ether oxygens (including phenoxy) is 2. The summed E-state index contributed by atoms with van der Waals surface area (Å²) in [6, 6.07) is 8.76. The fraction of sp³-hybridized carbons (Fsp3) is 0.696. The third-order valence-electron chi connectivity index (χ3n) is 6.75. The van der Waals surface area contributed by atoms with Gasteiger partial charge in [-0.2, -0.15) is 0 Å². The average Bonchev–Trinajstić information content (AvgIpc) is 2.83. The number of carbonyl (C=O) groups is 1. The molecular weight excluding hydrogens is 380 g/mol. The molecular formula is C23H36N4O3. The molecule has 166 valence electrons. The zero-order valence-electron chi connectivity index (χ0n) is 18.3. The molecule has 0 aromatic heterocycles. The number of methoxy groups -OCH3 is 1. The first-order valence-electron chi connectivity index (χ1n) is 11.4. The van der Waals surface area contributed by atoms with E-state index in [2.05, 4.69) is 31.7 Å². The van der Waals surface area contributed by atoms with Crippen molar-refractivity contribution < 1.29 is 14.3 Å². The summed E-state index contributed by atoms with van der Waals surface area (Å²) >= 11 is 0. The topological polar surface area (TPSA) is 48.5 Å². The van der Waals surface area contributed by atoms with Gasteiger partial charge in [0, 0.05) is 71.4 Å². The van der Waals surface area contributed by atoms with Crippen LogP contribution in [0.3, 0.4) is 0 Å². The van der Waals surface area contributed by atoms with Crippen LogP contribution in [0.4, 0.5) is 5.69 Å². The second-order valence-corrected chi connectivity index (χ2v) is 8.53. The largest absolute Gasteiger partial charge is 0.495 e. The van der Waals surface area contributed by atoms with Gasteiger partial charge in [0.15, 0.2) is 0 Å². The highest BCUT2D eigenvalue weighted by atomic mass is 16.5. The first-order chi connectivity index (χ1) is 14.7. The number of amides is 1. The van der Waals surface area contributed by atoms with Crippen molar-refractivity contribution >= 4 is 11.6 Å². The van der Waals surface area contributed by atoms with Crippen molar-refractivity contribution in [2.75, 3.05) is 84.1 Å². The standard InChI is InChI=1S/C23H36N4O3/c1-29-22-7-3-2-6-21(22)26-13-11-25(12-14-26)20-5-4-9-27(19-20)23(28)8-10-24-15-17-30-18-16-24/h2-3,6-7,20H,4-5,8-19H2,1H3. The van der Waals surface area contributed by atoms with Gasteiger partial charge in [-0.3, -0.25) is 14.6 Å². The molecule has 7 heteroatoms. The maximum Gasteiger partial charge on any atom is 0.223 e. The molecule has 0 spiro atoms. The van der Waals surface area contributed by atoms with E-state index < -0.39 is 0 Å². The summed E-state index contributed by atoms with van der Waals surface area (Å²) < 4.78 is 10.9. The van der Waals surface area contributed by atoms with Crippen LogP contribution in [-0.4, -0.2) is 106 Å². The predicted molar refractivity (Wildman–Crippen MR) is 118 cm³/mol. The first kappa shape index (κ1) is 21.4. The van der Waals surface area contributed by atoms with Crippen LogP contribution in [0.15, 0.2) is 24.3 Å². The van der Waals surface area contributed by atoms with E-state index in [4.69, 9.17) is 9.47 Å². The molecule has 1 aromatic carbocycles. The zero-order chi connectivity index (χ0) is 20.8. The maximum atomic E-state index is 12.8. The van der Waals surface area contributed by atoms with Gasteiger partial charge in [0.2, 0.25) is 5.91 Å². The first-order valence-corrected chi connectivity index (χ1v) is 11.4. The molecule has 0 aliphatic carbocycles. The lowest BCUT2D eigenvalue weighted by Crippen LogP contribution is -2.56. The molecule has 3 fully saturated rings. The van der Waals surface area contributed by atoms with E-state index in [1.54, 1.807) is 7.11 Å². The van der Waals surface area contributed by atoms with E-state index in [1.165, 1.54) is 12.1 Å². The Balaban J connectivity index is 1.25. The number of hydrogen-bond donors (Lipinski definition) is 0. The van der Waals surface area contributed by atoms with E-state index in [-0.39, 0.29) is 0 Å². The molecule has 0 N–H and O–H groups in total. The Bertz CT molecular complexity index is 687. The number of carbonyl (C=O) groups excluding carboxylic acids is 1. The van der Waals surface area contributed by atoms with Gasteiger partial charge >= 0.3 is 0 Å². The molecule has 3 aliphatic heterocycles. The van der Waals surface area contributed by atoms with Crippen LogP contribution < -0.4 is 9.64 Å². The molecule has 3 heterocycles. The average molecular weight is 417 g/mol. The Labute approximate surface area is 180 Å². The number of piperazine rings is 1. The number of nitrogens with zero attached hydrogens (tertiary/aromatic N) is 4. The van der Waals surface area contributed by atoms with E-state index in [9.17, 15) is 4.79 Å². The van der Waals surface area contributed by atoms with E-state index in [0.717, 1.165) is 84.3 Å². The van der Waals surface area contributed by atoms with Crippen LogP contribution in [0.25, 0.3) is 0 Å². The fourth-order valence-corrected chi connectivity index (χ4v) is 4.93. The van der Waals surface area contributed by atoms with Crippen LogP contribution >= 0.6 is 0 Å². The van der Waals surface area contributed by atoms with Gasteiger partial charge in [-0.15, -0.1) is 0 Å². The summed E-state index contributed by atoms with van der Waals surface area (Å²) in [6.07, 6.45) is 2.94. The lowest BCUT2D eigenvalue weighted by atomic mass is 10.0. The van der Waals surface area contributed by atoms with Crippen molar-refractivity contribution in [1.82, 2.24) is 14.7 Å². The van der Waals surface area contributed by atoms with E-state index >= 15 is 0 Å². The van der Waals surface area contributed by atoms with Crippen molar-refractivity contribution in [3.8, 4) is 5.75 Å². The van der Waals surface area contributed by atoms with Gasteiger partial charge in [-0.25, -0.2) is 0 Å². The van der Waals surface area contributed by atoms with Crippen molar-refractivity contribution in [3.63, 3.8) is 0 Å². The SMILES string of the molecule is COc1ccccc1N1CCN(C2CCCN(C(=O)CCN3CCOCC3)C2)CC1. The van der Waals surface area contributed by atoms with E-state index in [0.29, 0.717) is 18.4 Å². The number of rotatable bonds is 6. The number of hydrogen-bond acceptors (Lipinski definition) is 6. The van der Waals surface area contributed by atoms with Gasteiger partial charge in [-0.05, 0) is 25.0 Å². The monoisotopic (exact) mass is 416 g/mol. The second kappa shape index (κ2) is 10.5. The van der Waals surface area contributed by atoms with E-state index in [1.807, 2.05) is 12.1 Å². The smallest absolute Gasteiger partial charge is 0.223 e. The summed E-state index contributed by atoms with van der Waals surface area (Å²) in [6.45, 7) is 10.2. The molecule has 1 atom stereocenters. The van der Waals surface area contributed by atoms with Crippen molar-refractivity contribution in [3.05, 3.63) is 24.3 Å². The number of piperidine rings is 1. The third-order valence-corrected chi connectivity index (χ3v) is 6.75. The molecule has 1 unspecified atom stereocenters. The number of anilines is 1. The van der Waals surface area contributed by atoms with Crippen LogP contribution in [0.1, 0.15) is 19.3 Å². The molecule has 7 nitrogen and oxygen atoms in total. The van der Waals surface area contributed by atoms with Crippen molar-refractivity contribution in [2.45, 2.75) is 25.3 Å². The Hall–Kier alpha value is -1.83. The minimum atomic E-state index is 0.318. The summed E-state index contributed by atoms with van der Waals surface area (Å²) in [5.74, 6) is 1.26. The number of morpholine rings is 1. The van der Waals surface area contributed by atoms with Gasteiger partial charge in [0.05, 0.1) is 26.0 Å². The van der Waals surface area contributed by atoms with Crippen molar-refractivity contribution in [2.24, 2.45) is 0 Å². The highest BCUT2D eigenvalue weighted by molar-refractivity contribution is 5.76. The van der Waals surface area contributed by atoms with Crippen LogP contribution in [0.5, 0.6) is 5.75 Å². The molecule has 4 rings (SSSR count). The highest BCUT2D eigenvalue weighted by Gasteiger charge is 2.30. The summed E-state index contributed by atoms with van der Waals surface area (Å²) in [5, 5.41) is 0. The normalized spacial score (nSPS) is 24.1.